The van der Waals surface area contributed by atoms with Gasteiger partial charge in [-0.25, -0.2) is 0 Å². The van der Waals surface area contributed by atoms with E-state index < -0.39 is 8.07 Å². The van der Waals surface area contributed by atoms with E-state index in [-0.39, 0.29) is 5.41 Å². The Kier molecular flexibility index (Phi) is 5.40. The van der Waals surface area contributed by atoms with Crippen LogP contribution in [0.4, 0.5) is 0 Å². The van der Waals surface area contributed by atoms with Gasteiger partial charge in [0.2, 0.25) is 0 Å². The second-order valence-electron chi connectivity index (χ2n) is 13.3. The highest BCUT2D eigenvalue weighted by molar-refractivity contribution is 8.00. The minimum atomic E-state index is -1.80. The smallest absolute Gasteiger partial charge is 0.143 e. The molecule has 0 atom stereocenters. The zero-order valence-corrected chi connectivity index (χ0v) is 27.2. The lowest BCUT2D eigenvalue weighted by Gasteiger charge is -2.34. The molecule has 0 N–H and O–H groups in total. The van der Waals surface area contributed by atoms with Crippen LogP contribution in [0.25, 0.3) is 55.3 Å². The summed E-state index contributed by atoms with van der Waals surface area (Å²) < 4.78 is 6.39. The van der Waals surface area contributed by atoms with Crippen molar-refractivity contribution >= 4 is 52.1 Å². The van der Waals surface area contributed by atoms with E-state index in [4.69, 9.17) is 4.42 Å². The molecule has 6 aromatic carbocycles. The molecule has 1 aliphatic heterocycles. The summed E-state index contributed by atoms with van der Waals surface area (Å²) >= 11 is 1.98. The molecule has 212 valence electrons. The molecule has 9 rings (SSSR count). The summed E-state index contributed by atoms with van der Waals surface area (Å²) in [6.07, 6.45) is 0. The molecule has 0 fully saturated rings. The van der Waals surface area contributed by atoms with E-state index in [2.05, 4.69) is 142 Å². The van der Waals surface area contributed by atoms with Crippen LogP contribution in [0.2, 0.25) is 13.1 Å². The summed E-state index contributed by atoms with van der Waals surface area (Å²) in [5, 5.41) is 5.45. The quantitative estimate of drug-likeness (QED) is 0.183. The molecule has 1 aromatic heterocycles. The third-order valence-corrected chi connectivity index (χ3v) is 15.3. The number of hydrogen-bond donors (Lipinski definition) is 0. The maximum Gasteiger partial charge on any atom is 0.143 e. The van der Waals surface area contributed by atoms with E-state index in [9.17, 15) is 0 Å². The number of hydrogen-bond acceptors (Lipinski definition) is 2. The van der Waals surface area contributed by atoms with Crippen molar-refractivity contribution in [3.05, 3.63) is 132 Å². The Labute approximate surface area is 263 Å². The monoisotopic (exact) mass is 600 g/mol. The van der Waals surface area contributed by atoms with Crippen LogP contribution in [-0.4, -0.2) is 8.07 Å². The lowest BCUT2D eigenvalue weighted by Crippen LogP contribution is -2.56. The highest BCUT2D eigenvalue weighted by Gasteiger charge is 2.42. The Morgan fingerprint density at radius 3 is 2.25 bits per heavy atom. The summed E-state index contributed by atoms with van der Waals surface area (Å²) in [4.78, 5) is 2.92. The van der Waals surface area contributed by atoms with Gasteiger partial charge in [-0.15, -0.1) is 0 Å². The summed E-state index contributed by atoms with van der Waals surface area (Å²) in [5.41, 5.74) is 12.3. The van der Waals surface area contributed by atoms with Gasteiger partial charge in [0.25, 0.3) is 0 Å². The Morgan fingerprint density at radius 1 is 0.591 bits per heavy atom. The van der Waals surface area contributed by atoms with Crippen LogP contribution in [0.15, 0.2) is 136 Å². The highest BCUT2D eigenvalue weighted by atomic mass is 32.2. The second kappa shape index (κ2) is 9.10. The largest absolute Gasteiger partial charge is 0.455 e. The van der Waals surface area contributed by atoms with E-state index in [1.54, 1.807) is 10.4 Å². The van der Waals surface area contributed by atoms with Gasteiger partial charge < -0.3 is 4.42 Å². The number of para-hydroxylation sites is 2. The van der Waals surface area contributed by atoms with E-state index in [0.717, 1.165) is 27.5 Å². The fraction of sp³-hybridized carbons (Fsp3) is 0.122. The molecule has 0 spiro atoms. The highest BCUT2D eigenvalue weighted by Crippen LogP contribution is 2.54. The lowest BCUT2D eigenvalue weighted by atomic mass is 9.81. The molecule has 0 radical (unpaired) electrons. The minimum absolute atomic E-state index is 0.0730. The first-order chi connectivity index (χ1) is 21.3. The molecular formula is C41H32OSSi. The summed E-state index contributed by atoms with van der Waals surface area (Å²) in [5.74, 6) is 0. The predicted octanol–water partition coefficient (Wildman–Crippen LogP) is 10.5. The zero-order valence-electron chi connectivity index (χ0n) is 25.4. The molecule has 0 saturated carbocycles. The maximum atomic E-state index is 6.39. The van der Waals surface area contributed by atoms with Gasteiger partial charge in [-0.2, -0.15) is 0 Å². The zero-order chi connectivity index (χ0) is 29.8. The first-order valence-corrected chi connectivity index (χ1v) is 19.3. The van der Waals surface area contributed by atoms with Crippen LogP contribution in [0.5, 0.6) is 0 Å². The van der Waals surface area contributed by atoms with Gasteiger partial charge in [0, 0.05) is 31.5 Å². The van der Waals surface area contributed by atoms with Crippen molar-refractivity contribution in [2.75, 3.05) is 0 Å². The minimum Gasteiger partial charge on any atom is -0.455 e. The van der Waals surface area contributed by atoms with Crippen molar-refractivity contribution in [3.8, 4) is 33.4 Å². The van der Waals surface area contributed by atoms with Gasteiger partial charge in [0.05, 0.1) is 0 Å². The molecule has 1 aliphatic carbocycles. The number of rotatable bonds is 2. The third-order valence-electron chi connectivity index (χ3n) is 10.2. The van der Waals surface area contributed by atoms with Crippen LogP contribution >= 0.6 is 11.8 Å². The fourth-order valence-corrected chi connectivity index (χ4v) is 13.3. The van der Waals surface area contributed by atoms with E-state index >= 15 is 0 Å². The molecule has 0 bridgehead atoms. The topological polar surface area (TPSA) is 13.1 Å². The van der Waals surface area contributed by atoms with Gasteiger partial charge in [0.15, 0.2) is 0 Å². The standard InChI is InChI=1S/C41H32OSSi/c1-41(2)32-21-22-37-40(43-35-17-7-8-18-36(35)44(37,3)4)38(32)31-20-19-26(24-33(31)41)25-11-9-12-27(23-25)28-14-10-15-30-29-13-5-6-16-34(29)42-39(28)30/h5-24H,1-4H3. The molecule has 0 amide bonds. The Balaban J connectivity index is 1.17. The molecular weight excluding hydrogens is 569 g/mol. The molecule has 2 heterocycles. The first-order valence-electron chi connectivity index (χ1n) is 15.4. The van der Waals surface area contributed by atoms with Crippen molar-refractivity contribution in [1.29, 1.82) is 0 Å². The summed E-state index contributed by atoms with van der Waals surface area (Å²) in [6, 6.07) is 44.9. The summed E-state index contributed by atoms with van der Waals surface area (Å²) in [7, 11) is -1.80. The predicted molar refractivity (Wildman–Crippen MR) is 189 cm³/mol. The molecule has 3 heteroatoms. The van der Waals surface area contributed by atoms with Gasteiger partial charge in [-0.05, 0) is 73.6 Å². The third kappa shape index (κ3) is 3.54. The molecule has 0 unspecified atom stereocenters. The van der Waals surface area contributed by atoms with Crippen LogP contribution in [0, 0.1) is 0 Å². The molecule has 0 saturated heterocycles. The number of fused-ring (bicyclic) bond motifs is 9. The van der Waals surface area contributed by atoms with E-state index in [1.807, 2.05) is 17.8 Å². The first kappa shape index (κ1) is 26.1. The average molecular weight is 601 g/mol. The Bertz CT molecular complexity index is 2320. The van der Waals surface area contributed by atoms with Crippen molar-refractivity contribution in [2.24, 2.45) is 0 Å². The lowest BCUT2D eigenvalue weighted by molar-refractivity contribution is 0.660. The van der Waals surface area contributed by atoms with Gasteiger partial charge in [-0.3, -0.25) is 0 Å². The Morgan fingerprint density at radius 2 is 1.34 bits per heavy atom. The number of benzene rings is 6. The maximum absolute atomic E-state index is 6.39. The second-order valence-corrected chi connectivity index (χ2v) is 18.7. The van der Waals surface area contributed by atoms with Crippen LogP contribution in [0.3, 0.4) is 0 Å². The van der Waals surface area contributed by atoms with Crippen LogP contribution in [0.1, 0.15) is 25.0 Å². The number of furan rings is 1. The Hall–Kier alpha value is -4.31. The molecule has 7 aromatic rings. The van der Waals surface area contributed by atoms with Crippen LogP contribution < -0.4 is 10.4 Å². The molecule has 44 heavy (non-hydrogen) atoms. The fourth-order valence-electron chi connectivity index (χ4n) is 7.74. The summed E-state index contributed by atoms with van der Waals surface area (Å²) in [6.45, 7) is 9.83. The molecule has 1 nitrogen and oxygen atoms in total. The normalized spacial score (nSPS) is 15.5. The van der Waals surface area contributed by atoms with Crippen LogP contribution in [-0.2, 0) is 5.41 Å². The van der Waals surface area contributed by atoms with Gasteiger partial charge in [-0.1, -0.05) is 136 Å². The van der Waals surface area contributed by atoms with Gasteiger partial charge >= 0.3 is 0 Å². The van der Waals surface area contributed by atoms with Gasteiger partial charge in [0.1, 0.15) is 19.2 Å². The SMILES string of the molecule is CC1(C)c2cc(-c3cccc(-c4cccc5c4oc4ccccc45)c3)ccc2-c2c1ccc1c2Sc2ccccc2[Si]1(C)C. The van der Waals surface area contributed by atoms with Crippen molar-refractivity contribution < 1.29 is 4.42 Å². The van der Waals surface area contributed by atoms with E-state index in [1.165, 1.54) is 48.7 Å². The van der Waals surface area contributed by atoms with Crippen molar-refractivity contribution in [1.82, 2.24) is 0 Å². The van der Waals surface area contributed by atoms with Crippen molar-refractivity contribution in [3.63, 3.8) is 0 Å². The molecule has 2 aliphatic rings. The van der Waals surface area contributed by atoms with Crippen molar-refractivity contribution in [2.45, 2.75) is 42.1 Å². The average Bonchev–Trinajstić information content (AvgIpc) is 3.53. The van der Waals surface area contributed by atoms with E-state index in [0.29, 0.717) is 0 Å².